The van der Waals surface area contributed by atoms with E-state index >= 15 is 0 Å². The number of hydrogen-bond donors (Lipinski definition) is 1. The van der Waals surface area contributed by atoms with E-state index < -0.39 is 0 Å². The van der Waals surface area contributed by atoms with Crippen molar-refractivity contribution < 1.29 is 23.9 Å². The molecule has 0 atom stereocenters. The molecule has 0 fully saturated rings. The Hall–Kier alpha value is -2.71. The zero-order valence-electron chi connectivity index (χ0n) is 16.8. The van der Waals surface area contributed by atoms with E-state index in [4.69, 9.17) is 9.47 Å². The van der Waals surface area contributed by atoms with E-state index in [1.165, 1.54) is 11.8 Å². The number of benzene rings is 1. The van der Waals surface area contributed by atoms with E-state index in [9.17, 15) is 14.4 Å². The maximum absolute atomic E-state index is 13.0. The molecule has 28 heavy (non-hydrogen) atoms. The summed E-state index contributed by atoms with van der Waals surface area (Å²) in [6.45, 7) is 5.22. The standard InChI is InChI=1S/C20H27N3O5/c1-5-23-19(25)17(15-6-8-16(9-7-15)21-14(2)24)18(20(23)26)22(10-12-27-3)11-13-28-4/h6-9H,5,10-13H2,1-4H3,(H,21,24). The highest BCUT2D eigenvalue weighted by Gasteiger charge is 2.40. The zero-order chi connectivity index (χ0) is 20.7. The summed E-state index contributed by atoms with van der Waals surface area (Å²) in [5.41, 5.74) is 1.96. The average Bonchev–Trinajstić information content (AvgIpc) is 2.92. The monoisotopic (exact) mass is 389 g/mol. The summed E-state index contributed by atoms with van der Waals surface area (Å²) in [5, 5.41) is 2.69. The number of anilines is 1. The van der Waals surface area contributed by atoms with E-state index in [0.29, 0.717) is 48.8 Å². The van der Waals surface area contributed by atoms with Gasteiger partial charge in [0.2, 0.25) is 5.91 Å². The molecule has 0 saturated heterocycles. The molecule has 0 saturated carbocycles. The van der Waals surface area contributed by atoms with Gasteiger partial charge in [-0.15, -0.1) is 0 Å². The fourth-order valence-corrected chi connectivity index (χ4v) is 3.07. The normalized spacial score (nSPS) is 14.1. The van der Waals surface area contributed by atoms with Gasteiger partial charge in [-0.1, -0.05) is 12.1 Å². The minimum atomic E-state index is -0.324. The molecule has 1 aliphatic rings. The smallest absolute Gasteiger partial charge is 0.277 e. The Morgan fingerprint density at radius 1 is 1.04 bits per heavy atom. The highest BCUT2D eigenvalue weighted by Crippen LogP contribution is 2.32. The number of carbonyl (C=O) groups excluding carboxylic acids is 3. The molecule has 0 spiro atoms. The number of likely N-dealkylation sites (N-methyl/N-ethyl adjacent to an activating group) is 1. The van der Waals surface area contributed by atoms with Gasteiger partial charge in [-0.05, 0) is 24.6 Å². The predicted octanol–water partition coefficient (Wildman–Crippen LogP) is 1.34. The van der Waals surface area contributed by atoms with Crippen LogP contribution in [0.1, 0.15) is 19.4 Å². The summed E-state index contributed by atoms with van der Waals surface area (Å²) in [7, 11) is 3.18. The molecule has 0 aliphatic carbocycles. The highest BCUT2D eigenvalue weighted by molar-refractivity contribution is 6.35. The number of nitrogens with one attached hydrogen (secondary N) is 1. The molecule has 1 heterocycles. The molecular weight excluding hydrogens is 362 g/mol. The molecule has 8 heteroatoms. The van der Waals surface area contributed by atoms with E-state index in [0.717, 1.165) is 0 Å². The number of hydrogen-bond acceptors (Lipinski definition) is 6. The summed E-state index contributed by atoms with van der Waals surface area (Å²) in [6, 6.07) is 6.89. The van der Waals surface area contributed by atoms with Gasteiger partial charge in [0.1, 0.15) is 5.70 Å². The molecule has 1 aromatic carbocycles. The van der Waals surface area contributed by atoms with Crippen LogP contribution in [0.4, 0.5) is 5.69 Å². The molecular formula is C20H27N3O5. The fraction of sp³-hybridized carbons (Fsp3) is 0.450. The van der Waals surface area contributed by atoms with Crippen LogP contribution in [0.2, 0.25) is 0 Å². The van der Waals surface area contributed by atoms with Gasteiger partial charge < -0.3 is 19.7 Å². The quantitative estimate of drug-likeness (QED) is 0.608. The van der Waals surface area contributed by atoms with Gasteiger partial charge in [0, 0.05) is 46.5 Å². The highest BCUT2D eigenvalue weighted by atomic mass is 16.5. The minimum Gasteiger partial charge on any atom is -0.383 e. The minimum absolute atomic E-state index is 0.178. The van der Waals surface area contributed by atoms with Crippen molar-refractivity contribution in [3.63, 3.8) is 0 Å². The van der Waals surface area contributed by atoms with Gasteiger partial charge in [-0.25, -0.2) is 0 Å². The molecule has 1 aromatic rings. The maximum Gasteiger partial charge on any atom is 0.277 e. The van der Waals surface area contributed by atoms with Crippen LogP contribution in [0.3, 0.4) is 0 Å². The predicted molar refractivity (Wildman–Crippen MR) is 105 cm³/mol. The summed E-state index contributed by atoms with van der Waals surface area (Å²) in [6.07, 6.45) is 0. The lowest BCUT2D eigenvalue weighted by Gasteiger charge is -2.25. The van der Waals surface area contributed by atoms with Gasteiger partial charge in [-0.3, -0.25) is 19.3 Å². The summed E-state index contributed by atoms with van der Waals surface area (Å²) >= 11 is 0. The molecule has 8 nitrogen and oxygen atoms in total. The summed E-state index contributed by atoms with van der Waals surface area (Å²) in [4.78, 5) is 40.2. The lowest BCUT2D eigenvalue weighted by atomic mass is 10.0. The Balaban J connectivity index is 2.48. The van der Waals surface area contributed by atoms with Crippen molar-refractivity contribution in [3.8, 4) is 0 Å². The molecule has 0 aromatic heterocycles. The number of amides is 3. The van der Waals surface area contributed by atoms with Crippen LogP contribution in [0.25, 0.3) is 5.57 Å². The summed E-state index contributed by atoms with van der Waals surface area (Å²) < 4.78 is 10.3. The van der Waals surface area contributed by atoms with Crippen LogP contribution in [0.5, 0.6) is 0 Å². The first-order valence-corrected chi connectivity index (χ1v) is 9.15. The Bertz CT molecular complexity index is 750. The van der Waals surface area contributed by atoms with Crippen LogP contribution in [0.15, 0.2) is 30.0 Å². The Labute approximate surface area is 165 Å². The van der Waals surface area contributed by atoms with Gasteiger partial charge in [-0.2, -0.15) is 0 Å². The van der Waals surface area contributed by atoms with Crippen LogP contribution in [0, 0.1) is 0 Å². The third-order valence-electron chi connectivity index (χ3n) is 4.40. The van der Waals surface area contributed by atoms with E-state index in [1.54, 1.807) is 45.4 Å². The van der Waals surface area contributed by atoms with Crippen molar-refractivity contribution in [2.24, 2.45) is 0 Å². The number of methoxy groups -OCH3 is 2. The largest absolute Gasteiger partial charge is 0.383 e. The number of imide groups is 1. The third kappa shape index (κ3) is 4.76. The van der Waals surface area contributed by atoms with Crippen molar-refractivity contribution in [1.82, 2.24) is 9.80 Å². The van der Waals surface area contributed by atoms with Crippen molar-refractivity contribution >= 4 is 29.0 Å². The lowest BCUT2D eigenvalue weighted by Crippen LogP contribution is -2.37. The number of nitrogens with zero attached hydrogens (tertiary/aromatic N) is 2. The first-order valence-electron chi connectivity index (χ1n) is 9.15. The van der Waals surface area contributed by atoms with Crippen LogP contribution in [-0.4, -0.2) is 74.6 Å². The van der Waals surface area contributed by atoms with Gasteiger partial charge >= 0.3 is 0 Å². The molecule has 2 rings (SSSR count). The van der Waals surface area contributed by atoms with Crippen molar-refractivity contribution in [1.29, 1.82) is 0 Å². The zero-order valence-corrected chi connectivity index (χ0v) is 16.8. The first kappa shape index (κ1) is 21.6. The van der Waals surface area contributed by atoms with E-state index in [-0.39, 0.29) is 24.3 Å². The Morgan fingerprint density at radius 3 is 2.07 bits per heavy atom. The van der Waals surface area contributed by atoms with Crippen molar-refractivity contribution in [3.05, 3.63) is 35.5 Å². The molecule has 152 valence electrons. The van der Waals surface area contributed by atoms with Gasteiger partial charge in [0.15, 0.2) is 0 Å². The van der Waals surface area contributed by atoms with Crippen LogP contribution < -0.4 is 5.32 Å². The van der Waals surface area contributed by atoms with Gasteiger partial charge in [0.25, 0.3) is 11.8 Å². The van der Waals surface area contributed by atoms with E-state index in [1.807, 2.05) is 4.90 Å². The molecule has 1 N–H and O–H groups in total. The SMILES string of the molecule is CCN1C(=O)C(c2ccc(NC(C)=O)cc2)=C(N(CCOC)CCOC)C1=O. The first-order chi connectivity index (χ1) is 13.4. The van der Waals surface area contributed by atoms with Gasteiger partial charge in [0.05, 0.1) is 18.8 Å². The second-order valence-corrected chi connectivity index (χ2v) is 6.31. The third-order valence-corrected chi connectivity index (χ3v) is 4.40. The van der Waals surface area contributed by atoms with Crippen LogP contribution in [-0.2, 0) is 23.9 Å². The molecule has 0 radical (unpaired) electrons. The second-order valence-electron chi connectivity index (χ2n) is 6.31. The topological polar surface area (TPSA) is 88.2 Å². The Kier molecular flexibility index (Phi) is 7.71. The maximum atomic E-state index is 13.0. The van der Waals surface area contributed by atoms with Crippen molar-refractivity contribution in [2.75, 3.05) is 52.4 Å². The van der Waals surface area contributed by atoms with Crippen LogP contribution >= 0.6 is 0 Å². The molecule has 1 aliphatic heterocycles. The Morgan fingerprint density at radius 2 is 1.61 bits per heavy atom. The molecule has 0 unspecified atom stereocenters. The molecule has 3 amide bonds. The number of rotatable bonds is 10. The lowest BCUT2D eigenvalue weighted by molar-refractivity contribution is -0.137. The fourth-order valence-electron chi connectivity index (χ4n) is 3.07. The second kappa shape index (κ2) is 10.0. The van der Waals surface area contributed by atoms with E-state index in [2.05, 4.69) is 5.32 Å². The van der Waals surface area contributed by atoms with Crippen molar-refractivity contribution in [2.45, 2.75) is 13.8 Å². The molecule has 0 bridgehead atoms. The number of carbonyl (C=O) groups is 3. The average molecular weight is 389 g/mol. The number of ether oxygens (including phenoxy) is 2. The summed E-state index contributed by atoms with van der Waals surface area (Å²) in [5.74, 6) is -0.822.